The molecule has 0 saturated carbocycles. The van der Waals surface area contributed by atoms with Crippen LogP contribution in [0.4, 0.5) is 0 Å². The molecule has 0 N–H and O–H groups in total. The third-order valence-corrected chi connectivity index (χ3v) is 4.00. The van der Waals surface area contributed by atoms with Gasteiger partial charge in [0.05, 0.1) is 17.1 Å². The van der Waals surface area contributed by atoms with Crippen LogP contribution in [0.3, 0.4) is 0 Å². The maximum absolute atomic E-state index is 12.5. The number of amides is 1. The van der Waals surface area contributed by atoms with Crippen molar-refractivity contribution in [3.8, 4) is 5.75 Å². The van der Waals surface area contributed by atoms with E-state index in [4.69, 9.17) is 16.3 Å². The fourth-order valence-electron chi connectivity index (χ4n) is 2.34. The van der Waals surface area contributed by atoms with Crippen LogP contribution in [0, 0.1) is 0 Å². The number of ether oxygens (including phenoxy) is 1. The molecule has 1 aromatic heterocycles. The largest absolute Gasteiger partial charge is 0.490 e. The Balaban J connectivity index is 1.62. The van der Waals surface area contributed by atoms with Crippen LogP contribution in [-0.2, 0) is 0 Å². The van der Waals surface area contributed by atoms with Gasteiger partial charge in [0.15, 0.2) is 0 Å². The highest BCUT2D eigenvalue weighted by atomic mass is 35.5. The maximum atomic E-state index is 12.5. The minimum Gasteiger partial charge on any atom is -0.490 e. The highest BCUT2D eigenvalue weighted by Gasteiger charge is 2.13. The highest BCUT2D eigenvalue weighted by molar-refractivity contribution is 6.32. The molecule has 1 heterocycles. The van der Waals surface area contributed by atoms with E-state index in [0.29, 0.717) is 29.6 Å². The molecule has 3 aromatic rings. The van der Waals surface area contributed by atoms with Gasteiger partial charge in [0, 0.05) is 12.4 Å². The Morgan fingerprint density at radius 3 is 2.67 bits per heavy atom. The van der Waals surface area contributed by atoms with Gasteiger partial charge in [-0.15, -0.1) is 0 Å². The van der Waals surface area contributed by atoms with Crippen LogP contribution in [0.15, 0.2) is 60.7 Å². The minimum atomic E-state index is -0.136. The van der Waals surface area contributed by atoms with Gasteiger partial charge in [0.2, 0.25) is 0 Å². The molecule has 2 aromatic carbocycles. The average molecular weight is 341 g/mol. The Kier molecular flexibility index (Phi) is 4.96. The van der Waals surface area contributed by atoms with Crippen LogP contribution >= 0.6 is 11.6 Å². The Morgan fingerprint density at radius 1 is 1.08 bits per heavy atom. The number of carbonyl (C=O) groups is 1. The first-order valence-electron chi connectivity index (χ1n) is 7.64. The number of aromatic nitrogens is 1. The number of hydrogen-bond donors (Lipinski definition) is 0. The van der Waals surface area contributed by atoms with E-state index in [9.17, 15) is 4.79 Å². The van der Waals surface area contributed by atoms with E-state index in [1.165, 1.54) is 0 Å². The van der Waals surface area contributed by atoms with Gasteiger partial charge in [-0.2, -0.15) is 0 Å². The molecule has 0 radical (unpaired) electrons. The number of para-hydroxylation sites is 2. The monoisotopic (exact) mass is 340 g/mol. The van der Waals surface area contributed by atoms with Crippen molar-refractivity contribution in [1.29, 1.82) is 0 Å². The van der Waals surface area contributed by atoms with E-state index in [-0.39, 0.29) is 5.91 Å². The number of rotatable bonds is 5. The van der Waals surface area contributed by atoms with Crippen molar-refractivity contribution in [3.63, 3.8) is 0 Å². The molecule has 24 heavy (non-hydrogen) atoms. The van der Waals surface area contributed by atoms with E-state index in [2.05, 4.69) is 4.98 Å². The molecule has 1 amide bonds. The summed E-state index contributed by atoms with van der Waals surface area (Å²) in [6, 6.07) is 18.6. The lowest BCUT2D eigenvalue weighted by molar-refractivity contribution is 0.0768. The lowest BCUT2D eigenvalue weighted by Crippen LogP contribution is -2.31. The molecule has 0 spiro atoms. The van der Waals surface area contributed by atoms with Crippen molar-refractivity contribution >= 4 is 28.4 Å². The summed E-state index contributed by atoms with van der Waals surface area (Å²) >= 11 is 6.04. The van der Waals surface area contributed by atoms with Gasteiger partial charge in [-0.25, -0.2) is 4.98 Å². The third kappa shape index (κ3) is 3.66. The van der Waals surface area contributed by atoms with Crippen molar-refractivity contribution in [3.05, 3.63) is 71.4 Å². The molecule has 3 rings (SSSR count). The fourth-order valence-corrected chi connectivity index (χ4v) is 2.53. The number of carbonyl (C=O) groups excluding carboxylic acids is 1. The molecule has 4 nitrogen and oxygen atoms in total. The van der Waals surface area contributed by atoms with E-state index in [1.54, 1.807) is 30.1 Å². The van der Waals surface area contributed by atoms with Gasteiger partial charge >= 0.3 is 0 Å². The third-order valence-electron chi connectivity index (χ3n) is 3.69. The van der Waals surface area contributed by atoms with Gasteiger partial charge in [-0.3, -0.25) is 4.79 Å². The summed E-state index contributed by atoms with van der Waals surface area (Å²) in [4.78, 5) is 18.5. The van der Waals surface area contributed by atoms with E-state index < -0.39 is 0 Å². The zero-order valence-electron chi connectivity index (χ0n) is 13.3. The number of pyridine rings is 1. The van der Waals surface area contributed by atoms with E-state index in [0.717, 1.165) is 10.9 Å². The fraction of sp³-hybridized carbons (Fsp3) is 0.158. The summed E-state index contributed by atoms with van der Waals surface area (Å²) in [6.07, 6.45) is 0. The van der Waals surface area contributed by atoms with Gasteiger partial charge < -0.3 is 9.64 Å². The van der Waals surface area contributed by atoms with Crippen molar-refractivity contribution in [2.45, 2.75) is 0 Å². The Hall–Kier alpha value is -2.59. The topological polar surface area (TPSA) is 42.4 Å². The number of nitrogens with zero attached hydrogens (tertiary/aromatic N) is 2. The van der Waals surface area contributed by atoms with Gasteiger partial charge in [0.1, 0.15) is 18.1 Å². The second-order valence-corrected chi connectivity index (χ2v) is 5.80. The van der Waals surface area contributed by atoms with Crippen LogP contribution in [0.5, 0.6) is 5.75 Å². The smallest absolute Gasteiger partial charge is 0.272 e. The van der Waals surface area contributed by atoms with Crippen molar-refractivity contribution in [2.24, 2.45) is 0 Å². The lowest BCUT2D eigenvalue weighted by atomic mass is 10.2. The zero-order chi connectivity index (χ0) is 16.9. The van der Waals surface area contributed by atoms with Crippen LogP contribution in [0.25, 0.3) is 10.9 Å². The van der Waals surface area contributed by atoms with Crippen LogP contribution in [-0.4, -0.2) is 36.0 Å². The highest BCUT2D eigenvalue weighted by Crippen LogP contribution is 2.22. The number of hydrogen-bond acceptors (Lipinski definition) is 3. The molecule has 122 valence electrons. The molecule has 0 fully saturated rings. The standard InChI is InChI=1S/C19H17ClN2O2/c1-22(12-13-24-18-9-5-3-7-15(18)20)19(23)17-11-10-14-6-2-4-8-16(14)21-17/h2-11H,12-13H2,1H3. The Labute approximate surface area is 145 Å². The first-order chi connectivity index (χ1) is 11.6. The van der Waals surface area contributed by atoms with Gasteiger partial charge in [-0.1, -0.05) is 48.0 Å². The molecular formula is C19H17ClN2O2. The van der Waals surface area contributed by atoms with Gasteiger partial charge in [0.25, 0.3) is 5.91 Å². The molecule has 0 aliphatic heterocycles. The lowest BCUT2D eigenvalue weighted by Gasteiger charge is -2.17. The Morgan fingerprint density at radius 2 is 1.83 bits per heavy atom. The molecule has 0 aliphatic carbocycles. The quantitative estimate of drug-likeness (QED) is 0.704. The summed E-state index contributed by atoms with van der Waals surface area (Å²) < 4.78 is 5.62. The van der Waals surface area contributed by atoms with Crippen molar-refractivity contribution < 1.29 is 9.53 Å². The summed E-state index contributed by atoms with van der Waals surface area (Å²) in [6.45, 7) is 0.804. The molecule has 0 saturated heterocycles. The van der Waals surface area contributed by atoms with Crippen LogP contribution in [0.1, 0.15) is 10.5 Å². The number of likely N-dealkylation sites (N-methyl/N-ethyl adjacent to an activating group) is 1. The molecule has 0 atom stereocenters. The van der Waals surface area contributed by atoms with Crippen LogP contribution in [0.2, 0.25) is 5.02 Å². The number of benzene rings is 2. The SMILES string of the molecule is CN(CCOc1ccccc1Cl)C(=O)c1ccc2ccccc2n1. The van der Waals surface area contributed by atoms with Crippen molar-refractivity contribution in [1.82, 2.24) is 9.88 Å². The predicted molar refractivity (Wildman–Crippen MR) is 95.7 cm³/mol. The summed E-state index contributed by atoms with van der Waals surface area (Å²) in [5.41, 5.74) is 1.23. The second kappa shape index (κ2) is 7.32. The van der Waals surface area contributed by atoms with E-state index in [1.807, 2.05) is 42.5 Å². The van der Waals surface area contributed by atoms with Crippen molar-refractivity contribution in [2.75, 3.05) is 20.2 Å². The molecule has 0 bridgehead atoms. The molecule has 0 aliphatic rings. The average Bonchev–Trinajstić information content (AvgIpc) is 2.62. The molecule has 0 unspecified atom stereocenters. The summed E-state index contributed by atoms with van der Waals surface area (Å²) in [5, 5.41) is 1.57. The molecule has 5 heteroatoms. The number of halogens is 1. The summed E-state index contributed by atoms with van der Waals surface area (Å²) in [5.74, 6) is 0.479. The second-order valence-electron chi connectivity index (χ2n) is 5.39. The van der Waals surface area contributed by atoms with E-state index >= 15 is 0 Å². The number of fused-ring (bicyclic) bond motifs is 1. The first kappa shape index (κ1) is 16.3. The zero-order valence-corrected chi connectivity index (χ0v) is 14.0. The normalized spacial score (nSPS) is 10.6. The molecular weight excluding hydrogens is 324 g/mol. The maximum Gasteiger partial charge on any atom is 0.272 e. The van der Waals surface area contributed by atoms with Crippen LogP contribution < -0.4 is 4.74 Å². The van der Waals surface area contributed by atoms with Gasteiger partial charge in [-0.05, 0) is 24.3 Å². The first-order valence-corrected chi connectivity index (χ1v) is 8.01. The predicted octanol–water partition coefficient (Wildman–Crippen LogP) is 4.04. The Bertz CT molecular complexity index is 867. The summed E-state index contributed by atoms with van der Waals surface area (Å²) in [7, 11) is 1.73. The minimum absolute atomic E-state index is 0.136.